The van der Waals surface area contributed by atoms with Crippen LogP contribution < -0.4 is 0 Å². The molecule has 77 valence electrons. The lowest BCUT2D eigenvalue weighted by Crippen LogP contribution is -2.02. The molecule has 1 heterocycles. The van der Waals surface area contributed by atoms with Crippen molar-refractivity contribution >= 4 is 0 Å². The van der Waals surface area contributed by atoms with Crippen LogP contribution in [-0.2, 0) is 6.18 Å². The second-order valence-corrected chi connectivity index (χ2v) is 2.82. The van der Waals surface area contributed by atoms with E-state index in [9.17, 15) is 13.2 Å². The Morgan fingerprint density at radius 3 is 2.33 bits per heavy atom. The Morgan fingerprint density at radius 1 is 1.13 bits per heavy atom. The van der Waals surface area contributed by atoms with Crippen molar-refractivity contribution < 1.29 is 17.6 Å². The minimum Gasteiger partial charge on any atom is -0.431 e. The maximum atomic E-state index is 12.2. The number of nitrogens with zero attached hydrogens (tertiary/aromatic N) is 1. The third-order valence-electron chi connectivity index (χ3n) is 1.74. The van der Waals surface area contributed by atoms with E-state index in [1.807, 2.05) is 0 Å². The molecule has 5 heteroatoms. The molecule has 0 aliphatic heterocycles. The highest BCUT2D eigenvalue weighted by Gasteiger charge is 2.36. The standard InChI is InChI=1S/C10H5F3NO/c11-10(12,13)8-6-14-9(15-8)7-4-2-1-3-5-7/h1-5H. The summed E-state index contributed by atoms with van der Waals surface area (Å²) in [5.74, 6) is -1.29. The lowest BCUT2D eigenvalue weighted by molar-refractivity contribution is -0.152. The smallest absolute Gasteiger partial charge is 0.431 e. The van der Waals surface area contributed by atoms with Gasteiger partial charge in [0.1, 0.15) is 6.20 Å². The third-order valence-corrected chi connectivity index (χ3v) is 1.74. The summed E-state index contributed by atoms with van der Waals surface area (Å²) >= 11 is 0. The molecule has 0 bridgehead atoms. The van der Waals surface area contributed by atoms with Crippen LogP contribution in [0.25, 0.3) is 11.5 Å². The Balaban J connectivity index is 2.37. The third kappa shape index (κ3) is 2.01. The van der Waals surface area contributed by atoms with Crippen LogP contribution >= 0.6 is 0 Å². The molecule has 0 saturated carbocycles. The second-order valence-electron chi connectivity index (χ2n) is 2.82. The van der Waals surface area contributed by atoms with Crippen molar-refractivity contribution in [2.45, 2.75) is 6.18 Å². The van der Waals surface area contributed by atoms with E-state index in [2.05, 4.69) is 9.40 Å². The van der Waals surface area contributed by atoms with Crippen LogP contribution in [0.5, 0.6) is 0 Å². The van der Waals surface area contributed by atoms with Crippen molar-refractivity contribution in [3.05, 3.63) is 42.3 Å². The zero-order valence-electron chi connectivity index (χ0n) is 7.38. The molecule has 0 aliphatic carbocycles. The van der Waals surface area contributed by atoms with E-state index in [0.717, 1.165) is 0 Å². The van der Waals surface area contributed by atoms with Gasteiger partial charge >= 0.3 is 6.18 Å². The molecule has 0 atom stereocenters. The Bertz CT molecular complexity index is 447. The zero-order chi connectivity index (χ0) is 10.9. The van der Waals surface area contributed by atoms with E-state index in [4.69, 9.17) is 0 Å². The summed E-state index contributed by atoms with van der Waals surface area (Å²) < 4.78 is 41.0. The van der Waals surface area contributed by atoms with Gasteiger partial charge < -0.3 is 4.42 Å². The van der Waals surface area contributed by atoms with Gasteiger partial charge in [0.05, 0.1) is 0 Å². The Labute approximate surface area is 83.4 Å². The fourth-order valence-electron chi connectivity index (χ4n) is 1.07. The number of oxazole rings is 1. The number of alkyl halides is 3. The predicted molar refractivity (Wildman–Crippen MR) is 45.8 cm³/mol. The molecule has 0 amide bonds. The van der Waals surface area contributed by atoms with E-state index in [1.165, 1.54) is 0 Å². The van der Waals surface area contributed by atoms with Gasteiger partial charge in [0.15, 0.2) is 0 Å². The van der Waals surface area contributed by atoms with E-state index in [1.54, 1.807) is 36.5 Å². The van der Waals surface area contributed by atoms with Crippen molar-refractivity contribution in [2.75, 3.05) is 0 Å². The normalized spacial score (nSPS) is 11.7. The molecule has 0 spiro atoms. The number of hydrogen-bond acceptors (Lipinski definition) is 2. The minimum absolute atomic E-state index is 0.0806. The van der Waals surface area contributed by atoms with Gasteiger partial charge in [-0.05, 0) is 12.1 Å². The monoisotopic (exact) mass is 212 g/mol. The van der Waals surface area contributed by atoms with Gasteiger partial charge in [-0.25, -0.2) is 4.98 Å². The molecule has 2 rings (SSSR count). The molecular formula is C10H5F3NO. The second kappa shape index (κ2) is 3.42. The van der Waals surface area contributed by atoms with Crippen LogP contribution in [0.1, 0.15) is 5.76 Å². The Kier molecular flexibility index (Phi) is 2.22. The Hall–Kier alpha value is -1.78. The van der Waals surface area contributed by atoms with E-state index >= 15 is 0 Å². The Morgan fingerprint density at radius 2 is 1.80 bits per heavy atom. The highest BCUT2D eigenvalue weighted by atomic mass is 19.4. The quantitative estimate of drug-likeness (QED) is 0.725. The van der Waals surface area contributed by atoms with Crippen LogP contribution in [0.2, 0.25) is 0 Å². The molecule has 15 heavy (non-hydrogen) atoms. The molecular weight excluding hydrogens is 207 g/mol. The van der Waals surface area contributed by atoms with Crippen molar-refractivity contribution in [1.29, 1.82) is 0 Å². The van der Waals surface area contributed by atoms with Crippen LogP contribution in [0.3, 0.4) is 0 Å². The number of hydrogen-bond donors (Lipinski definition) is 0. The lowest BCUT2D eigenvalue weighted by atomic mass is 10.2. The average molecular weight is 212 g/mol. The molecule has 1 aromatic carbocycles. The molecule has 1 radical (unpaired) electrons. The largest absolute Gasteiger partial charge is 0.451 e. The summed E-state index contributed by atoms with van der Waals surface area (Å²) in [6.07, 6.45) is -2.74. The summed E-state index contributed by atoms with van der Waals surface area (Å²) in [5.41, 5.74) is 0.490. The van der Waals surface area contributed by atoms with Gasteiger partial charge in [-0.15, -0.1) is 0 Å². The van der Waals surface area contributed by atoms with Gasteiger partial charge in [0, 0.05) is 5.56 Å². The maximum Gasteiger partial charge on any atom is 0.451 e. The molecule has 0 unspecified atom stereocenters. The number of halogens is 3. The lowest BCUT2D eigenvalue weighted by Gasteiger charge is -1.99. The summed E-state index contributed by atoms with van der Waals surface area (Å²) in [6.45, 7) is 0. The highest BCUT2D eigenvalue weighted by Crippen LogP contribution is 2.31. The van der Waals surface area contributed by atoms with Crippen molar-refractivity contribution in [3.63, 3.8) is 0 Å². The number of benzene rings is 1. The SMILES string of the molecule is FC(F)(F)c1[c]nc(-c2ccccc2)o1. The van der Waals surface area contributed by atoms with Gasteiger partial charge in [0.25, 0.3) is 0 Å². The molecule has 0 aliphatic rings. The number of rotatable bonds is 1. The minimum atomic E-state index is -4.54. The van der Waals surface area contributed by atoms with E-state index in [-0.39, 0.29) is 5.89 Å². The predicted octanol–water partition coefficient (Wildman–Crippen LogP) is 3.16. The average Bonchev–Trinajstić information content (AvgIpc) is 2.67. The first-order valence-electron chi connectivity index (χ1n) is 4.08. The van der Waals surface area contributed by atoms with Gasteiger partial charge in [-0.1, -0.05) is 18.2 Å². The maximum absolute atomic E-state index is 12.2. The summed E-state index contributed by atoms with van der Waals surface area (Å²) in [7, 11) is 0. The zero-order valence-corrected chi connectivity index (χ0v) is 7.38. The highest BCUT2D eigenvalue weighted by molar-refractivity contribution is 5.52. The van der Waals surface area contributed by atoms with E-state index in [0.29, 0.717) is 5.56 Å². The van der Waals surface area contributed by atoms with Crippen molar-refractivity contribution in [2.24, 2.45) is 0 Å². The summed E-state index contributed by atoms with van der Waals surface area (Å²) in [6, 6.07) is 8.35. The first-order valence-corrected chi connectivity index (χ1v) is 4.08. The van der Waals surface area contributed by atoms with Crippen molar-refractivity contribution in [1.82, 2.24) is 4.98 Å². The number of aromatic nitrogens is 1. The summed E-state index contributed by atoms with van der Waals surface area (Å²) in [4.78, 5) is 3.44. The van der Waals surface area contributed by atoms with Gasteiger partial charge in [0.2, 0.25) is 11.7 Å². The van der Waals surface area contributed by atoms with Crippen molar-refractivity contribution in [3.8, 4) is 11.5 Å². The summed E-state index contributed by atoms with van der Waals surface area (Å²) in [5, 5.41) is 0. The van der Waals surface area contributed by atoms with Crippen LogP contribution in [0.4, 0.5) is 13.2 Å². The van der Waals surface area contributed by atoms with Gasteiger partial charge in [-0.3, -0.25) is 0 Å². The first-order chi connectivity index (χ1) is 7.07. The van der Waals surface area contributed by atoms with Crippen LogP contribution in [0, 0.1) is 6.20 Å². The fourth-order valence-corrected chi connectivity index (χ4v) is 1.07. The molecule has 0 saturated heterocycles. The molecule has 0 fully saturated rings. The molecule has 2 aromatic rings. The van der Waals surface area contributed by atoms with Gasteiger partial charge in [-0.2, -0.15) is 13.2 Å². The first kappa shape index (κ1) is 9.76. The van der Waals surface area contributed by atoms with Crippen LogP contribution in [-0.4, -0.2) is 4.98 Å². The fraction of sp³-hybridized carbons (Fsp3) is 0.100. The topological polar surface area (TPSA) is 26.0 Å². The molecule has 2 nitrogen and oxygen atoms in total. The molecule has 1 aromatic heterocycles. The molecule has 0 N–H and O–H groups in total. The van der Waals surface area contributed by atoms with Crippen LogP contribution in [0.15, 0.2) is 34.7 Å². The van der Waals surface area contributed by atoms with E-state index < -0.39 is 11.9 Å².